The number of ether oxygens (including phenoxy) is 1. The number of aliphatic hydroxyl groups excluding tert-OH is 1. The molecule has 1 aliphatic heterocycles. The number of aromatic nitrogens is 1. The Labute approximate surface area is 149 Å². The minimum atomic E-state index is 0.119. The highest BCUT2D eigenvalue weighted by atomic mass is 16.4. The SMILES string of the molecule is CC.CCCO.CN1CCC(CN)(c2ccccn2)CC1.COC. The lowest BCUT2D eigenvalue weighted by molar-refractivity contribution is 0.188. The first-order chi connectivity index (χ1) is 11.6. The number of hydrogen-bond donors (Lipinski definition) is 2. The van der Waals surface area contributed by atoms with Crippen LogP contribution in [0.15, 0.2) is 24.4 Å². The Morgan fingerprint density at radius 1 is 1.25 bits per heavy atom. The van der Waals surface area contributed by atoms with Crippen molar-refractivity contribution in [2.75, 3.05) is 47.5 Å². The summed E-state index contributed by atoms with van der Waals surface area (Å²) in [6, 6.07) is 6.12. The maximum Gasteiger partial charge on any atom is 0.0478 e. The molecule has 142 valence electrons. The van der Waals surface area contributed by atoms with Crippen LogP contribution < -0.4 is 5.73 Å². The minimum absolute atomic E-state index is 0.119. The van der Waals surface area contributed by atoms with E-state index >= 15 is 0 Å². The van der Waals surface area contributed by atoms with Crippen LogP contribution in [0.4, 0.5) is 0 Å². The molecule has 1 aliphatic rings. The smallest absolute Gasteiger partial charge is 0.0478 e. The Bertz CT molecular complexity index is 351. The summed E-state index contributed by atoms with van der Waals surface area (Å²) < 4.78 is 4.25. The highest BCUT2D eigenvalue weighted by Gasteiger charge is 2.35. The summed E-state index contributed by atoms with van der Waals surface area (Å²) in [7, 11) is 5.42. The van der Waals surface area contributed by atoms with Gasteiger partial charge in [0.2, 0.25) is 0 Å². The van der Waals surface area contributed by atoms with Crippen LogP contribution in [0, 0.1) is 0 Å². The molecule has 2 rings (SSSR count). The van der Waals surface area contributed by atoms with Crippen molar-refractivity contribution < 1.29 is 9.84 Å². The van der Waals surface area contributed by atoms with Gasteiger partial charge in [0.05, 0.1) is 0 Å². The lowest BCUT2D eigenvalue weighted by Gasteiger charge is -2.39. The fourth-order valence-corrected chi connectivity index (χ4v) is 2.29. The summed E-state index contributed by atoms with van der Waals surface area (Å²) in [5, 5.41) is 7.88. The number of rotatable bonds is 3. The fraction of sp³-hybridized carbons (Fsp3) is 0.737. The molecule has 1 aromatic rings. The van der Waals surface area contributed by atoms with Crippen molar-refractivity contribution in [2.24, 2.45) is 5.73 Å². The van der Waals surface area contributed by atoms with Crippen molar-refractivity contribution in [3.63, 3.8) is 0 Å². The van der Waals surface area contributed by atoms with Gasteiger partial charge in [-0.2, -0.15) is 0 Å². The molecule has 1 saturated heterocycles. The van der Waals surface area contributed by atoms with Crippen molar-refractivity contribution in [3.05, 3.63) is 30.1 Å². The predicted molar refractivity (Wildman–Crippen MR) is 103 cm³/mol. The molecule has 0 saturated carbocycles. The number of nitrogens with two attached hydrogens (primary N) is 1. The molecular weight excluding hydrogens is 302 g/mol. The van der Waals surface area contributed by atoms with E-state index in [0.29, 0.717) is 13.2 Å². The Morgan fingerprint density at radius 2 is 1.75 bits per heavy atom. The Hall–Kier alpha value is -1.01. The average molecular weight is 342 g/mol. The molecule has 0 bridgehead atoms. The van der Waals surface area contributed by atoms with E-state index in [9.17, 15) is 0 Å². The van der Waals surface area contributed by atoms with Crippen LogP contribution >= 0.6 is 0 Å². The van der Waals surface area contributed by atoms with Gasteiger partial charge in [0.25, 0.3) is 0 Å². The molecular formula is C19H39N3O2. The Kier molecular flexibility index (Phi) is 17.7. The molecule has 2 heterocycles. The Morgan fingerprint density at radius 3 is 2.08 bits per heavy atom. The lowest BCUT2D eigenvalue weighted by atomic mass is 9.75. The van der Waals surface area contributed by atoms with Gasteiger partial charge < -0.3 is 20.5 Å². The zero-order valence-electron chi connectivity index (χ0n) is 16.6. The number of likely N-dealkylation sites (tertiary alicyclic amines) is 1. The monoisotopic (exact) mass is 341 g/mol. The van der Waals surface area contributed by atoms with Gasteiger partial charge >= 0.3 is 0 Å². The number of pyridine rings is 1. The number of nitrogens with zero attached hydrogens (tertiary/aromatic N) is 2. The van der Waals surface area contributed by atoms with E-state index in [0.717, 1.165) is 32.4 Å². The van der Waals surface area contributed by atoms with Crippen molar-refractivity contribution in [1.29, 1.82) is 0 Å². The first kappa shape index (κ1) is 25.2. The molecule has 0 aliphatic carbocycles. The van der Waals surface area contributed by atoms with E-state index in [1.807, 2.05) is 33.0 Å². The van der Waals surface area contributed by atoms with E-state index in [1.165, 1.54) is 5.69 Å². The first-order valence-electron chi connectivity index (χ1n) is 8.91. The van der Waals surface area contributed by atoms with Crippen molar-refractivity contribution in [2.45, 2.75) is 45.4 Å². The third-order valence-electron chi connectivity index (χ3n) is 3.77. The van der Waals surface area contributed by atoms with Crippen LogP contribution in [0.5, 0.6) is 0 Å². The molecule has 24 heavy (non-hydrogen) atoms. The number of hydrogen-bond acceptors (Lipinski definition) is 5. The van der Waals surface area contributed by atoms with Crippen LogP contribution in [-0.4, -0.2) is 62.5 Å². The van der Waals surface area contributed by atoms with Crippen LogP contribution in [0.1, 0.15) is 45.7 Å². The highest BCUT2D eigenvalue weighted by Crippen LogP contribution is 2.32. The predicted octanol–water partition coefficient (Wildman–Crippen LogP) is 2.68. The summed E-state index contributed by atoms with van der Waals surface area (Å²) >= 11 is 0. The summed E-state index contributed by atoms with van der Waals surface area (Å²) in [4.78, 5) is 6.83. The summed E-state index contributed by atoms with van der Waals surface area (Å²) in [5.41, 5.74) is 7.24. The molecule has 5 nitrogen and oxygen atoms in total. The third kappa shape index (κ3) is 9.98. The topological polar surface area (TPSA) is 71.6 Å². The molecule has 3 N–H and O–H groups in total. The molecule has 0 spiro atoms. The first-order valence-corrected chi connectivity index (χ1v) is 8.91. The van der Waals surface area contributed by atoms with E-state index in [-0.39, 0.29) is 5.41 Å². The maximum absolute atomic E-state index is 7.88. The normalized spacial score (nSPS) is 15.7. The maximum atomic E-state index is 7.88. The third-order valence-corrected chi connectivity index (χ3v) is 3.77. The van der Waals surface area contributed by atoms with Gasteiger partial charge in [0.15, 0.2) is 0 Å². The van der Waals surface area contributed by atoms with Gasteiger partial charge in [0, 0.05) is 44.7 Å². The van der Waals surface area contributed by atoms with Gasteiger partial charge in [-0.15, -0.1) is 0 Å². The zero-order chi connectivity index (χ0) is 18.8. The molecule has 1 fully saturated rings. The van der Waals surface area contributed by atoms with Gasteiger partial charge in [-0.25, -0.2) is 0 Å². The quantitative estimate of drug-likeness (QED) is 0.884. The van der Waals surface area contributed by atoms with Gasteiger partial charge in [-0.05, 0) is 51.5 Å². The number of methoxy groups -OCH3 is 1. The number of piperidine rings is 1. The molecule has 0 amide bonds. The fourth-order valence-electron chi connectivity index (χ4n) is 2.29. The highest BCUT2D eigenvalue weighted by molar-refractivity contribution is 5.19. The van der Waals surface area contributed by atoms with Crippen molar-refractivity contribution >= 4 is 0 Å². The summed E-state index contributed by atoms with van der Waals surface area (Å²) in [6.45, 7) is 9.19. The molecule has 0 unspecified atom stereocenters. The van der Waals surface area contributed by atoms with Crippen LogP contribution in [0.3, 0.4) is 0 Å². The van der Waals surface area contributed by atoms with Crippen LogP contribution in [0.2, 0.25) is 0 Å². The van der Waals surface area contributed by atoms with E-state index < -0.39 is 0 Å². The zero-order valence-corrected chi connectivity index (χ0v) is 16.6. The lowest BCUT2D eigenvalue weighted by Crippen LogP contribution is -2.45. The molecule has 5 heteroatoms. The second-order valence-corrected chi connectivity index (χ2v) is 5.63. The molecule has 1 aromatic heterocycles. The van der Waals surface area contributed by atoms with Crippen LogP contribution in [0.25, 0.3) is 0 Å². The summed E-state index contributed by atoms with van der Waals surface area (Å²) in [6.07, 6.45) is 4.99. The Balaban J connectivity index is 0. The summed E-state index contributed by atoms with van der Waals surface area (Å²) in [5.74, 6) is 0. The van der Waals surface area contributed by atoms with E-state index in [1.54, 1.807) is 14.2 Å². The molecule has 0 atom stereocenters. The van der Waals surface area contributed by atoms with E-state index in [2.05, 4.69) is 33.8 Å². The van der Waals surface area contributed by atoms with E-state index in [4.69, 9.17) is 10.8 Å². The standard InChI is InChI=1S/C12H19N3.C3H8O.C2H6O.C2H6/c1-15-8-5-12(10-13,6-9-15)11-4-2-3-7-14-11;1-2-3-4;1-3-2;1-2/h2-4,7H,5-6,8-10,13H2,1H3;4H,2-3H2,1H3;1-2H3;1-2H3. The largest absolute Gasteiger partial charge is 0.396 e. The van der Waals surface area contributed by atoms with Gasteiger partial charge in [0.1, 0.15) is 0 Å². The second-order valence-electron chi connectivity index (χ2n) is 5.63. The van der Waals surface area contributed by atoms with Crippen molar-refractivity contribution in [3.8, 4) is 0 Å². The van der Waals surface area contributed by atoms with Gasteiger partial charge in [-0.1, -0.05) is 26.8 Å². The number of aliphatic hydroxyl groups is 1. The molecule has 0 radical (unpaired) electrons. The van der Waals surface area contributed by atoms with Crippen LogP contribution in [-0.2, 0) is 10.2 Å². The average Bonchev–Trinajstić information content (AvgIpc) is 2.66. The molecule has 0 aromatic carbocycles. The minimum Gasteiger partial charge on any atom is -0.396 e. The van der Waals surface area contributed by atoms with Gasteiger partial charge in [-0.3, -0.25) is 4.98 Å². The second kappa shape index (κ2) is 16.8. The van der Waals surface area contributed by atoms with Crippen molar-refractivity contribution in [1.82, 2.24) is 9.88 Å².